The van der Waals surface area contributed by atoms with Gasteiger partial charge in [-0.3, -0.25) is 0 Å². The summed E-state index contributed by atoms with van der Waals surface area (Å²) in [5, 5.41) is 9.00. The van der Waals surface area contributed by atoms with Gasteiger partial charge >= 0.3 is 0 Å². The van der Waals surface area contributed by atoms with Crippen molar-refractivity contribution in [2.24, 2.45) is 0 Å². The largest absolute Gasteiger partial charge is 0.392 e. The minimum absolute atomic E-state index is 0.0461. The minimum Gasteiger partial charge on any atom is -0.392 e. The van der Waals surface area contributed by atoms with Crippen LogP contribution in [0.2, 0.25) is 0 Å². The fourth-order valence-electron chi connectivity index (χ4n) is 1.89. The molecular formula is C12H16FNO3S. The van der Waals surface area contributed by atoms with Crippen LogP contribution in [0.4, 0.5) is 4.39 Å². The van der Waals surface area contributed by atoms with E-state index < -0.39 is 15.8 Å². The monoisotopic (exact) mass is 273 g/mol. The highest BCUT2D eigenvalue weighted by Gasteiger charge is 2.26. The van der Waals surface area contributed by atoms with Crippen molar-refractivity contribution in [3.8, 4) is 0 Å². The van der Waals surface area contributed by atoms with E-state index in [0.717, 1.165) is 25.3 Å². The quantitative estimate of drug-likeness (QED) is 0.872. The van der Waals surface area contributed by atoms with Gasteiger partial charge in [0.05, 0.1) is 11.5 Å². The van der Waals surface area contributed by atoms with Gasteiger partial charge in [0.15, 0.2) is 0 Å². The lowest BCUT2D eigenvalue weighted by molar-refractivity contribution is 0.281. The van der Waals surface area contributed by atoms with Crippen molar-refractivity contribution in [3.05, 3.63) is 29.1 Å². The number of aliphatic hydroxyl groups is 1. The van der Waals surface area contributed by atoms with E-state index in [1.54, 1.807) is 0 Å². The molecule has 0 spiro atoms. The van der Waals surface area contributed by atoms with Gasteiger partial charge < -0.3 is 5.11 Å². The zero-order valence-electron chi connectivity index (χ0n) is 10.1. The van der Waals surface area contributed by atoms with E-state index in [1.165, 1.54) is 13.0 Å². The highest BCUT2D eigenvalue weighted by molar-refractivity contribution is 7.89. The van der Waals surface area contributed by atoms with Gasteiger partial charge in [-0.25, -0.2) is 17.5 Å². The Balaban J connectivity index is 2.39. The second-order valence-electron chi connectivity index (χ2n) is 4.61. The van der Waals surface area contributed by atoms with E-state index in [9.17, 15) is 12.8 Å². The van der Waals surface area contributed by atoms with Crippen molar-refractivity contribution in [1.29, 1.82) is 0 Å². The molecule has 0 heterocycles. The maximum absolute atomic E-state index is 13.6. The summed E-state index contributed by atoms with van der Waals surface area (Å²) < 4.78 is 40.4. The zero-order valence-corrected chi connectivity index (χ0v) is 10.9. The summed E-state index contributed by atoms with van der Waals surface area (Å²) in [5.74, 6) is -0.615. The highest BCUT2D eigenvalue weighted by Crippen LogP contribution is 2.24. The number of nitrogens with one attached hydrogen (secondary N) is 1. The maximum Gasteiger partial charge on any atom is 0.241 e. The van der Waals surface area contributed by atoms with Gasteiger partial charge in [0.25, 0.3) is 0 Å². The lowest BCUT2D eigenvalue weighted by Crippen LogP contribution is -2.39. The van der Waals surface area contributed by atoms with E-state index in [4.69, 9.17) is 5.11 Å². The highest BCUT2D eigenvalue weighted by atomic mass is 32.2. The average molecular weight is 273 g/mol. The van der Waals surface area contributed by atoms with Crippen molar-refractivity contribution in [2.45, 2.75) is 43.7 Å². The van der Waals surface area contributed by atoms with Crippen LogP contribution in [0.3, 0.4) is 0 Å². The van der Waals surface area contributed by atoms with E-state index >= 15 is 0 Å². The Kier molecular flexibility index (Phi) is 3.70. The smallest absolute Gasteiger partial charge is 0.241 e. The number of hydrogen-bond donors (Lipinski definition) is 2. The van der Waals surface area contributed by atoms with Crippen molar-refractivity contribution in [3.63, 3.8) is 0 Å². The molecule has 0 aliphatic heterocycles. The summed E-state index contributed by atoms with van der Waals surface area (Å²) in [6.07, 6.45) is 2.65. The lowest BCUT2D eigenvalue weighted by atomic mass is 9.94. The molecule has 4 nitrogen and oxygen atoms in total. The average Bonchev–Trinajstić information content (AvgIpc) is 2.27. The van der Waals surface area contributed by atoms with Crippen LogP contribution in [-0.2, 0) is 16.6 Å². The molecule has 0 saturated heterocycles. The molecule has 2 N–H and O–H groups in total. The molecule has 2 rings (SSSR count). The molecule has 0 atom stereocenters. The molecule has 18 heavy (non-hydrogen) atoms. The Morgan fingerprint density at radius 3 is 2.61 bits per heavy atom. The number of benzene rings is 1. The molecule has 1 fully saturated rings. The van der Waals surface area contributed by atoms with Gasteiger partial charge in [-0.2, -0.15) is 0 Å². The fourth-order valence-corrected chi connectivity index (χ4v) is 3.50. The third-order valence-electron chi connectivity index (χ3n) is 3.26. The van der Waals surface area contributed by atoms with Crippen LogP contribution in [0, 0.1) is 12.7 Å². The van der Waals surface area contributed by atoms with Gasteiger partial charge in [0, 0.05) is 11.6 Å². The number of aliphatic hydroxyl groups excluding tert-OH is 1. The SMILES string of the molecule is Cc1c(F)cc(CO)cc1S(=O)(=O)NC1CCC1. The van der Waals surface area contributed by atoms with Crippen LogP contribution in [-0.4, -0.2) is 19.6 Å². The molecule has 100 valence electrons. The third-order valence-corrected chi connectivity index (χ3v) is 4.90. The standard InChI is InChI=1S/C12H16FNO3S/c1-8-11(13)5-9(7-15)6-12(8)18(16,17)14-10-3-2-4-10/h5-6,10,14-15H,2-4,7H2,1H3. The van der Waals surface area contributed by atoms with Gasteiger partial charge in [-0.1, -0.05) is 6.42 Å². The molecule has 1 saturated carbocycles. The Morgan fingerprint density at radius 1 is 1.44 bits per heavy atom. The van der Waals surface area contributed by atoms with E-state index in [-0.39, 0.29) is 28.7 Å². The molecule has 0 unspecified atom stereocenters. The molecule has 0 radical (unpaired) electrons. The summed E-state index contributed by atoms with van der Waals surface area (Å²) in [5.41, 5.74) is 0.339. The summed E-state index contributed by atoms with van der Waals surface area (Å²) in [7, 11) is -3.71. The number of sulfonamides is 1. The van der Waals surface area contributed by atoms with Gasteiger partial charge in [0.1, 0.15) is 5.82 Å². The molecule has 1 aromatic carbocycles. The minimum atomic E-state index is -3.71. The molecule has 0 aromatic heterocycles. The van der Waals surface area contributed by atoms with Crippen molar-refractivity contribution in [2.75, 3.05) is 0 Å². The van der Waals surface area contributed by atoms with Crippen LogP contribution < -0.4 is 4.72 Å². The first kappa shape index (κ1) is 13.5. The Bertz CT molecular complexity index is 553. The predicted octanol–water partition coefficient (Wildman–Crippen LogP) is 1.46. The predicted molar refractivity (Wildman–Crippen MR) is 65.0 cm³/mol. The topological polar surface area (TPSA) is 66.4 Å². The van der Waals surface area contributed by atoms with Crippen LogP contribution >= 0.6 is 0 Å². The zero-order chi connectivity index (χ0) is 13.3. The number of halogens is 1. The third kappa shape index (κ3) is 2.55. The first-order chi connectivity index (χ1) is 8.44. The molecule has 0 amide bonds. The molecule has 1 aliphatic rings. The van der Waals surface area contributed by atoms with E-state index in [1.807, 2.05) is 0 Å². The maximum atomic E-state index is 13.6. The molecule has 1 aliphatic carbocycles. The Labute approximate surface area is 106 Å². The first-order valence-electron chi connectivity index (χ1n) is 5.86. The van der Waals surface area contributed by atoms with Crippen molar-refractivity contribution >= 4 is 10.0 Å². The van der Waals surface area contributed by atoms with Crippen molar-refractivity contribution < 1.29 is 17.9 Å². The van der Waals surface area contributed by atoms with Crippen LogP contribution in [0.15, 0.2) is 17.0 Å². The summed E-state index contributed by atoms with van der Waals surface area (Å²) >= 11 is 0. The summed E-state index contributed by atoms with van der Waals surface area (Å²) in [6.45, 7) is 1.04. The number of hydrogen-bond acceptors (Lipinski definition) is 3. The van der Waals surface area contributed by atoms with Gasteiger partial charge in [0.2, 0.25) is 10.0 Å². The van der Waals surface area contributed by atoms with E-state index in [0.29, 0.717) is 0 Å². The Hall–Kier alpha value is -0.980. The molecule has 0 bridgehead atoms. The summed E-state index contributed by atoms with van der Waals surface area (Å²) in [4.78, 5) is -0.0848. The van der Waals surface area contributed by atoms with Crippen molar-refractivity contribution in [1.82, 2.24) is 4.72 Å². The Morgan fingerprint density at radius 2 is 2.11 bits per heavy atom. The van der Waals surface area contributed by atoms with Crippen LogP contribution in [0.25, 0.3) is 0 Å². The lowest BCUT2D eigenvalue weighted by Gasteiger charge is -2.26. The van der Waals surface area contributed by atoms with Crippen LogP contribution in [0.5, 0.6) is 0 Å². The van der Waals surface area contributed by atoms with Crippen LogP contribution in [0.1, 0.15) is 30.4 Å². The van der Waals surface area contributed by atoms with E-state index in [2.05, 4.69) is 4.72 Å². The molecule has 6 heteroatoms. The van der Waals surface area contributed by atoms with Gasteiger partial charge in [-0.15, -0.1) is 0 Å². The van der Waals surface area contributed by atoms with Gasteiger partial charge in [-0.05, 0) is 37.5 Å². The first-order valence-corrected chi connectivity index (χ1v) is 7.34. The summed E-state index contributed by atoms with van der Waals surface area (Å²) in [6, 6.07) is 2.42. The second kappa shape index (κ2) is 4.95. The second-order valence-corrected chi connectivity index (χ2v) is 6.29. The fraction of sp³-hybridized carbons (Fsp3) is 0.500. The number of rotatable bonds is 4. The molecule has 1 aromatic rings. The molecular weight excluding hydrogens is 257 g/mol. The normalized spacial score (nSPS) is 16.6.